The molecule has 1 aliphatic heterocycles. The van der Waals surface area contributed by atoms with Crippen molar-refractivity contribution in [2.45, 2.75) is 110 Å². The van der Waals surface area contributed by atoms with Crippen molar-refractivity contribution >= 4 is 29.7 Å². The van der Waals surface area contributed by atoms with Crippen molar-refractivity contribution in [3.8, 4) is 0 Å². The van der Waals surface area contributed by atoms with Gasteiger partial charge in [0.05, 0.1) is 37.9 Å². The standard InChI is InChI=1S/C36H46O11/c1-9-19(4)31(41)47-36-26-21(10-12-32(5)22(26)14-25(38)45-28(32)20-11-13-44-16-20)34(7)23(15-24(37)43-8)33(6,17-35(34,36)42)29(27(36)39)46-30(40)18(2)3/h11,13,16,18-19,21,23,28-29,42H,9-10,12,14-15,17H2,1-8H3. The molecule has 0 spiro atoms. The average molecular weight is 655 g/mol. The minimum Gasteiger partial charge on any atom is -0.472 e. The second kappa shape index (κ2) is 10.8. The van der Waals surface area contributed by atoms with Gasteiger partial charge in [-0.05, 0) is 54.7 Å². The maximum Gasteiger partial charge on any atom is 0.310 e. The van der Waals surface area contributed by atoms with Crippen LogP contribution < -0.4 is 0 Å². The Morgan fingerprint density at radius 1 is 1.11 bits per heavy atom. The highest BCUT2D eigenvalue weighted by molar-refractivity contribution is 6.03. The van der Waals surface area contributed by atoms with Gasteiger partial charge in [-0.3, -0.25) is 24.0 Å². The van der Waals surface area contributed by atoms with Crippen molar-refractivity contribution in [2.75, 3.05) is 7.11 Å². The summed E-state index contributed by atoms with van der Waals surface area (Å²) in [5.74, 6) is -5.63. The number of hydrogen-bond donors (Lipinski definition) is 1. The third-order valence-corrected chi connectivity index (χ3v) is 12.8. The summed E-state index contributed by atoms with van der Waals surface area (Å²) < 4.78 is 29.0. The fourth-order valence-electron chi connectivity index (χ4n) is 10.1. The lowest BCUT2D eigenvalue weighted by molar-refractivity contribution is -0.218. The van der Waals surface area contributed by atoms with Crippen molar-refractivity contribution < 1.29 is 52.4 Å². The average Bonchev–Trinajstić information content (AvgIpc) is 3.65. The van der Waals surface area contributed by atoms with Gasteiger partial charge in [-0.25, -0.2) is 0 Å². The number of esters is 4. The predicted octanol–water partition coefficient (Wildman–Crippen LogP) is 4.80. The number of hydrogen-bond acceptors (Lipinski definition) is 11. The van der Waals surface area contributed by atoms with Crippen LogP contribution in [0.15, 0.2) is 34.2 Å². The zero-order chi connectivity index (χ0) is 34.5. The molecule has 11 heteroatoms. The highest BCUT2D eigenvalue weighted by Gasteiger charge is 2.90. The molecule has 2 bridgehead atoms. The molecule has 6 rings (SSSR count). The number of cyclic esters (lactones) is 1. The van der Waals surface area contributed by atoms with Crippen molar-refractivity contribution in [1.82, 2.24) is 0 Å². The molecule has 0 aromatic carbocycles. The van der Waals surface area contributed by atoms with E-state index >= 15 is 4.79 Å². The molecule has 11 nitrogen and oxygen atoms in total. The van der Waals surface area contributed by atoms with Crippen LogP contribution in [0.2, 0.25) is 0 Å². The van der Waals surface area contributed by atoms with Gasteiger partial charge in [0.1, 0.15) is 11.7 Å². The van der Waals surface area contributed by atoms with Crippen LogP contribution in [0, 0.1) is 39.9 Å². The van der Waals surface area contributed by atoms with E-state index in [1.807, 2.05) is 20.8 Å². The first-order valence-corrected chi connectivity index (χ1v) is 16.7. The predicted molar refractivity (Wildman–Crippen MR) is 164 cm³/mol. The molecular formula is C36H46O11. The van der Waals surface area contributed by atoms with Crippen LogP contribution in [-0.2, 0) is 42.9 Å². The molecule has 10 atom stereocenters. The van der Waals surface area contributed by atoms with Gasteiger partial charge < -0.3 is 28.5 Å². The van der Waals surface area contributed by atoms with E-state index in [0.717, 1.165) is 0 Å². The first kappa shape index (κ1) is 33.4. The molecule has 256 valence electrons. The maximum atomic E-state index is 15.5. The summed E-state index contributed by atoms with van der Waals surface area (Å²) in [6.45, 7) is 12.4. The van der Waals surface area contributed by atoms with Gasteiger partial charge in [-0.1, -0.05) is 48.5 Å². The highest BCUT2D eigenvalue weighted by atomic mass is 16.6. The van der Waals surface area contributed by atoms with Gasteiger partial charge in [0.15, 0.2) is 6.10 Å². The number of ether oxygens (including phenoxy) is 4. The normalized spacial score (nSPS) is 40.8. The van der Waals surface area contributed by atoms with Crippen LogP contribution in [0.25, 0.3) is 0 Å². The minimum atomic E-state index is -2.28. The number of fused-ring (bicyclic) bond motifs is 5. The Bertz CT molecular complexity index is 1560. The summed E-state index contributed by atoms with van der Waals surface area (Å²) >= 11 is 0. The van der Waals surface area contributed by atoms with Gasteiger partial charge in [-0.15, -0.1) is 0 Å². The molecule has 47 heavy (non-hydrogen) atoms. The summed E-state index contributed by atoms with van der Waals surface area (Å²) in [7, 11) is 1.28. The van der Waals surface area contributed by atoms with E-state index in [2.05, 4.69) is 0 Å². The summed E-state index contributed by atoms with van der Waals surface area (Å²) in [5.41, 5.74) is -5.98. The maximum absolute atomic E-state index is 15.5. The van der Waals surface area contributed by atoms with E-state index in [0.29, 0.717) is 36.0 Å². The summed E-state index contributed by atoms with van der Waals surface area (Å²) in [6.07, 6.45) is 1.72. The number of carbonyl (C=O) groups is 5. The molecule has 4 aliphatic carbocycles. The first-order chi connectivity index (χ1) is 22.0. The molecule has 0 amide bonds. The Balaban J connectivity index is 1.69. The van der Waals surface area contributed by atoms with Crippen molar-refractivity contribution in [3.05, 3.63) is 35.3 Å². The molecule has 1 N–H and O–H groups in total. The van der Waals surface area contributed by atoms with E-state index in [9.17, 15) is 24.3 Å². The zero-order valence-corrected chi connectivity index (χ0v) is 28.5. The topological polar surface area (TPSA) is 156 Å². The molecule has 1 aromatic heterocycles. The fraction of sp³-hybridized carbons (Fsp3) is 0.694. The molecule has 1 saturated heterocycles. The van der Waals surface area contributed by atoms with Gasteiger partial charge in [0, 0.05) is 28.2 Å². The highest BCUT2D eigenvalue weighted by Crippen LogP contribution is 2.81. The van der Waals surface area contributed by atoms with Crippen LogP contribution in [0.3, 0.4) is 0 Å². The molecule has 10 unspecified atom stereocenters. The van der Waals surface area contributed by atoms with Crippen LogP contribution in [0.4, 0.5) is 0 Å². The second-order valence-corrected chi connectivity index (χ2v) is 15.4. The van der Waals surface area contributed by atoms with Crippen molar-refractivity contribution in [3.63, 3.8) is 0 Å². The third kappa shape index (κ3) is 4.10. The van der Waals surface area contributed by atoms with Crippen molar-refractivity contribution in [1.29, 1.82) is 0 Å². The summed E-state index contributed by atoms with van der Waals surface area (Å²) in [4.78, 5) is 69.2. The Kier molecular flexibility index (Phi) is 7.66. The number of Topliss-reactive ketones (excluding diaryl/α,β-unsaturated/α-hetero) is 1. The largest absolute Gasteiger partial charge is 0.472 e. The molecule has 5 aliphatic rings. The third-order valence-electron chi connectivity index (χ3n) is 12.8. The number of furan rings is 1. The van der Waals surface area contributed by atoms with E-state index < -0.39 is 93.0 Å². The smallest absolute Gasteiger partial charge is 0.310 e. The van der Waals surface area contributed by atoms with Crippen LogP contribution >= 0.6 is 0 Å². The SMILES string of the molecule is CCC(C)C(=O)OC12C(=O)C(OC(=O)C(C)C)C3(C)CC1(O)C(C)(C1CCC4(C)C(=C12)CC(=O)OC4c1ccoc1)C3CC(=O)OC. The summed E-state index contributed by atoms with van der Waals surface area (Å²) in [5, 5.41) is 13.4. The van der Waals surface area contributed by atoms with Crippen molar-refractivity contribution in [2.24, 2.45) is 39.9 Å². The van der Waals surface area contributed by atoms with Gasteiger partial charge >= 0.3 is 23.9 Å². The van der Waals surface area contributed by atoms with E-state index in [-0.39, 0.29) is 19.3 Å². The Labute approximate surface area is 274 Å². The molecular weight excluding hydrogens is 608 g/mol. The Hall–Kier alpha value is -3.47. The number of methoxy groups -OCH3 is 1. The summed E-state index contributed by atoms with van der Waals surface area (Å²) in [6, 6.07) is 1.73. The van der Waals surface area contributed by atoms with E-state index in [1.165, 1.54) is 19.6 Å². The minimum absolute atomic E-state index is 0.0900. The molecule has 3 saturated carbocycles. The quantitative estimate of drug-likeness (QED) is 0.233. The molecule has 1 aromatic rings. The number of rotatable bonds is 8. The fourth-order valence-corrected chi connectivity index (χ4v) is 10.1. The molecule has 4 fully saturated rings. The lowest BCUT2D eigenvalue weighted by Gasteiger charge is -2.54. The number of ketones is 1. The first-order valence-electron chi connectivity index (χ1n) is 16.7. The Morgan fingerprint density at radius 2 is 1.81 bits per heavy atom. The number of carbonyl (C=O) groups excluding carboxylic acids is 5. The molecule has 0 radical (unpaired) electrons. The van der Waals surface area contributed by atoms with Gasteiger partial charge in [-0.2, -0.15) is 0 Å². The Morgan fingerprint density at radius 3 is 2.40 bits per heavy atom. The van der Waals surface area contributed by atoms with E-state index in [4.69, 9.17) is 23.4 Å². The number of aliphatic hydroxyl groups is 1. The second-order valence-electron chi connectivity index (χ2n) is 15.4. The van der Waals surface area contributed by atoms with E-state index in [1.54, 1.807) is 33.8 Å². The van der Waals surface area contributed by atoms with Crippen LogP contribution in [0.1, 0.15) is 98.7 Å². The lowest BCUT2D eigenvalue weighted by atomic mass is 9.53. The van der Waals surface area contributed by atoms with Gasteiger partial charge in [0.25, 0.3) is 0 Å². The van der Waals surface area contributed by atoms with Crippen LogP contribution in [-0.4, -0.2) is 59.2 Å². The monoisotopic (exact) mass is 654 g/mol. The lowest BCUT2D eigenvalue weighted by Crippen LogP contribution is -2.70. The molecule has 2 heterocycles. The van der Waals surface area contributed by atoms with Crippen LogP contribution in [0.5, 0.6) is 0 Å². The van der Waals surface area contributed by atoms with Gasteiger partial charge in [0.2, 0.25) is 11.4 Å². The zero-order valence-electron chi connectivity index (χ0n) is 28.5.